The van der Waals surface area contributed by atoms with Crippen LogP contribution in [-0.4, -0.2) is 28.5 Å². The molecule has 0 aliphatic heterocycles. The van der Waals surface area contributed by atoms with Gasteiger partial charge < -0.3 is 14.6 Å². The van der Waals surface area contributed by atoms with Gasteiger partial charge in [-0.05, 0) is 73.7 Å². The summed E-state index contributed by atoms with van der Waals surface area (Å²) < 4.78 is 46.0. The number of aromatic nitrogens is 1. The quantitative estimate of drug-likeness (QED) is 0.186. The van der Waals surface area contributed by atoms with Crippen molar-refractivity contribution in [2.45, 2.75) is 13.1 Å². The molecule has 3 N–H and O–H groups in total. The molecule has 1 heterocycles. The predicted octanol–water partition coefficient (Wildman–Crippen LogP) is 7.30. The zero-order chi connectivity index (χ0) is 26.7. The van der Waals surface area contributed by atoms with Crippen LogP contribution in [0.5, 0.6) is 0 Å². The first-order valence-corrected chi connectivity index (χ1v) is 11.3. The van der Waals surface area contributed by atoms with E-state index in [2.05, 4.69) is 10.6 Å². The topological polar surface area (TPSA) is 95.8 Å². The number of urea groups is 1. The molecule has 0 fully saturated rings. The number of fused-ring (bicyclic) bond motifs is 1. The number of ether oxygens (including phenoxy) is 1. The van der Waals surface area contributed by atoms with Gasteiger partial charge in [-0.25, -0.2) is 9.59 Å². The number of hydrogen-bond donors (Lipinski definition) is 3. The molecule has 4 rings (SSSR count). The van der Waals surface area contributed by atoms with Crippen molar-refractivity contribution in [1.29, 1.82) is 0 Å². The molecule has 192 valence electrons. The van der Waals surface area contributed by atoms with Crippen LogP contribution >= 0.6 is 11.6 Å². The van der Waals surface area contributed by atoms with Crippen LogP contribution in [0.3, 0.4) is 0 Å². The van der Waals surface area contributed by atoms with E-state index in [9.17, 15) is 28.0 Å². The van der Waals surface area contributed by atoms with Crippen LogP contribution in [0.4, 0.5) is 39.8 Å². The monoisotopic (exact) mass is 532 g/mol. The molecule has 3 amide bonds. The van der Waals surface area contributed by atoms with Crippen LogP contribution in [0.15, 0.2) is 72.9 Å². The van der Waals surface area contributed by atoms with Crippen LogP contribution in [-0.2, 0) is 10.9 Å². The zero-order valence-electron chi connectivity index (χ0n) is 19.2. The largest absolute Gasteiger partial charge is 0.450 e. The van der Waals surface area contributed by atoms with Gasteiger partial charge in [0, 0.05) is 28.6 Å². The molecule has 0 saturated carbocycles. The number of benzene rings is 3. The van der Waals surface area contributed by atoms with Crippen molar-refractivity contribution in [1.82, 2.24) is 4.57 Å². The third-order valence-corrected chi connectivity index (χ3v) is 5.63. The Hall–Kier alpha value is -4.22. The molecule has 0 spiro atoms. The minimum Gasteiger partial charge on any atom is -0.450 e. The number of anilines is 3. The Morgan fingerprint density at radius 2 is 1.70 bits per heavy atom. The van der Waals surface area contributed by atoms with E-state index < -0.39 is 34.6 Å². The summed E-state index contributed by atoms with van der Waals surface area (Å²) >= 11 is 5.58. The fourth-order valence-electron chi connectivity index (χ4n) is 3.59. The second-order valence-corrected chi connectivity index (χ2v) is 8.16. The third kappa shape index (κ3) is 5.79. The average molecular weight is 533 g/mol. The summed E-state index contributed by atoms with van der Waals surface area (Å²) in [4.78, 5) is 24.0. The summed E-state index contributed by atoms with van der Waals surface area (Å²) in [5.74, 6) is 0. The number of hydrogen-bond acceptors (Lipinski definition) is 4. The van der Waals surface area contributed by atoms with E-state index in [0.29, 0.717) is 17.4 Å². The van der Waals surface area contributed by atoms with Crippen molar-refractivity contribution in [3.63, 3.8) is 0 Å². The average Bonchev–Trinajstić information content (AvgIpc) is 3.27. The second kappa shape index (κ2) is 10.4. The molecule has 0 aliphatic rings. The molecule has 0 atom stereocenters. The maximum Gasteiger partial charge on any atom is 0.417 e. The Morgan fingerprint density at radius 3 is 2.38 bits per heavy atom. The van der Waals surface area contributed by atoms with Gasteiger partial charge in [0.05, 0.1) is 28.4 Å². The number of nitrogens with one attached hydrogen (secondary N) is 2. The van der Waals surface area contributed by atoms with Gasteiger partial charge in [-0.15, -0.1) is 0 Å². The van der Waals surface area contributed by atoms with Gasteiger partial charge in [0.1, 0.15) is 0 Å². The highest BCUT2D eigenvalue weighted by Gasteiger charge is 2.34. The molecule has 8 nitrogen and oxygen atoms in total. The molecular formula is C25H20ClF3N4O4. The Bertz CT molecular complexity index is 1450. The molecule has 37 heavy (non-hydrogen) atoms. The van der Waals surface area contributed by atoms with Gasteiger partial charge in [-0.2, -0.15) is 18.2 Å². The lowest BCUT2D eigenvalue weighted by Gasteiger charge is -2.18. The minimum absolute atomic E-state index is 0.0703. The molecule has 1 aromatic heterocycles. The first-order chi connectivity index (χ1) is 17.6. The van der Waals surface area contributed by atoms with Gasteiger partial charge in [0.25, 0.3) is 0 Å². The number of amides is 3. The highest BCUT2D eigenvalue weighted by Crippen LogP contribution is 2.37. The molecule has 4 aromatic rings. The Kier molecular flexibility index (Phi) is 7.28. The van der Waals surface area contributed by atoms with Crippen LogP contribution in [0.25, 0.3) is 16.6 Å². The van der Waals surface area contributed by atoms with Gasteiger partial charge in [0.2, 0.25) is 0 Å². The van der Waals surface area contributed by atoms with E-state index in [4.69, 9.17) is 16.3 Å². The Balaban J connectivity index is 1.47. The fraction of sp³-hybridized carbons (Fsp3) is 0.120. The maximum absolute atomic E-state index is 13.1. The van der Waals surface area contributed by atoms with E-state index in [1.165, 1.54) is 0 Å². The van der Waals surface area contributed by atoms with E-state index in [0.717, 1.165) is 28.7 Å². The number of alkyl halides is 3. The van der Waals surface area contributed by atoms with Crippen LogP contribution in [0, 0.1) is 0 Å². The van der Waals surface area contributed by atoms with Crippen molar-refractivity contribution in [3.8, 4) is 5.69 Å². The summed E-state index contributed by atoms with van der Waals surface area (Å²) in [6, 6.07) is 15.4. The normalized spacial score (nSPS) is 11.3. The molecule has 12 heteroatoms. The predicted molar refractivity (Wildman–Crippen MR) is 134 cm³/mol. The highest BCUT2D eigenvalue weighted by atomic mass is 35.5. The highest BCUT2D eigenvalue weighted by molar-refractivity contribution is 6.31. The lowest BCUT2D eigenvalue weighted by atomic mass is 10.2. The van der Waals surface area contributed by atoms with E-state index >= 15 is 0 Å². The molecule has 0 bridgehead atoms. The standard InChI is InChI=1S/C25H20ClF3N4O4/c1-2-37-24(35)31-17-5-10-22-15(13-17)11-12-32(22)18-6-3-16(4-7-18)30-23(34)33(36)19-8-9-21(26)20(14-19)25(27,28)29/h3-14,36H,2H2,1H3,(H,30,34)(H,31,35). The zero-order valence-corrected chi connectivity index (χ0v) is 20.0. The van der Waals surface area contributed by atoms with Crippen molar-refractivity contribution < 1.29 is 32.7 Å². The van der Waals surface area contributed by atoms with E-state index in [1.54, 1.807) is 43.3 Å². The number of nitrogens with zero attached hydrogens (tertiary/aromatic N) is 2. The van der Waals surface area contributed by atoms with Crippen LogP contribution in [0.2, 0.25) is 5.02 Å². The minimum atomic E-state index is -4.75. The van der Waals surface area contributed by atoms with Gasteiger partial charge >= 0.3 is 18.3 Å². The van der Waals surface area contributed by atoms with Crippen LogP contribution < -0.4 is 15.7 Å². The summed E-state index contributed by atoms with van der Waals surface area (Å²) in [6.07, 6.45) is -3.46. The summed E-state index contributed by atoms with van der Waals surface area (Å²) in [7, 11) is 0. The molecular weight excluding hydrogens is 513 g/mol. The van der Waals surface area contributed by atoms with Crippen molar-refractivity contribution in [2.75, 3.05) is 22.3 Å². The van der Waals surface area contributed by atoms with Gasteiger partial charge in [0.15, 0.2) is 0 Å². The summed E-state index contributed by atoms with van der Waals surface area (Å²) in [6.45, 7) is 1.98. The fourth-order valence-corrected chi connectivity index (χ4v) is 3.82. The molecule has 0 radical (unpaired) electrons. The van der Waals surface area contributed by atoms with E-state index in [1.807, 2.05) is 22.9 Å². The van der Waals surface area contributed by atoms with E-state index in [-0.39, 0.29) is 11.7 Å². The SMILES string of the molecule is CCOC(=O)Nc1ccc2c(ccn2-c2ccc(NC(=O)N(O)c3ccc(Cl)c(C(F)(F)F)c3)cc2)c1. The first-order valence-electron chi connectivity index (χ1n) is 10.9. The van der Waals surface area contributed by atoms with Crippen molar-refractivity contribution in [3.05, 3.63) is 83.5 Å². The molecule has 0 unspecified atom stereocenters. The number of carbonyl (C=O) groups excluding carboxylic acids is 2. The van der Waals surface area contributed by atoms with Gasteiger partial charge in [-0.3, -0.25) is 10.5 Å². The maximum atomic E-state index is 13.1. The van der Waals surface area contributed by atoms with Gasteiger partial charge in [-0.1, -0.05) is 11.6 Å². The molecule has 0 aliphatic carbocycles. The molecule has 0 saturated heterocycles. The third-order valence-electron chi connectivity index (χ3n) is 5.30. The lowest BCUT2D eigenvalue weighted by Crippen LogP contribution is -2.32. The Labute approximate surface area is 213 Å². The molecule has 3 aromatic carbocycles. The first kappa shape index (κ1) is 25.9. The second-order valence-electron chi connectivity index (χ2n) is 7.76. The van der Waals surface area contributed by atoms with Crippen LogP contribution in [0.1, 0.15) is 12.5 Å². The number of rotatable bonds is 5. The Morgan fingerprint density at radius 1 is 1.00 bits per heavy atom. The van der Waals surface area contributed by atoms with Crippen molar-refractivity contribution in [2.24, 2.45) is 0 Å². The number of hydroxylamine groups is 1. The summed E-state index contributed by atoms with van der Waals surface area (Å²) in [5.41, 5.74) is 0.920. The summed E-state index contributed by atoms with van der Waals surface area (Å²) in [5, 5.41) is 15.6. The lowest BCUT2D eigenvalue weighted by molar-refractivity contribution is -0.137. The number of carbonyl (C=O) groups is 2. The van der Waals surface area contributed by atoms with Crippen molar-refractivity contribution >= 4 is 51.7 Å². The smallest absolute Gasteiger partial charge is 0.417 e. The number of halogens is 4.